The minimum atomic E-state index is -1.54. The summed E-state index contributed by atoms with van der Waals surface area (Å²) in [6, 6.07) is 5.37. The molecule has 0 saturated carbocycles. The number of hydrogen-bond donors (Lipinski definition) is 2. The minimum absolute atomic E-state index is 0.0150. The number of rotatable bonds is 3. The zero-order valence-corrected chi connectivity index (χ0v) is 13.2. The summed E-state index contributed by atoms with van der Waals surface area (Å²) in [7, 11) is 1.74. The number of nitrogens with zero attached hydrogens (tertiary/aromatic N) is 3. The van der Waals surface area contributed by atoms with Crippen molar-refractivity contribution in [3.05, 3.63) is 46.3 Å². The highest BCUT2D eigenvalue weighted by Gasteiger charge is 2.21. The molecule has 3 rings (SSSR count). The number of hydrogen-bond acceptors (Lipinski definition) is 5. The molecule has 5 nitrogen and oxygen atoms in total. The highest BCUT2D eigenvalue weighted by molar-refractivity contribution is 8.00. The van der Waals surface area contributed by atoms with Gasteiger partial charge >= 0.3 is 0 Å². The van der Waals surface area contributed by atoms with Crippen LogP contribution in [-0.4, -0.2) is 14.5 Å². The van der Waals surface area contributed by atoms with Gasteiger partial charge in [-0.3, -0.25) is 10.1 Å². The minimum Gasteiger partial charge on any atom is -0.399 e. The van der Waals surface area contributed by atoms with E-state index in [2.05, 4.69) is 9.97 Å². The van der Waals surface area contributed by atoms with E-state index < -0.39 is 6.17 Å². The maximum atomic E-state index is 14.5. The van der Waals surface area contributed by atoms with Gasteiger partial charge in [-0.1, -0.05) is 23.5 Å². The van der Waals surface area contributed by atoms with Crippen LogP contribution in [0.25, 0.3) is 21.9 Å². The standard InChI is InChI=1S/C14H13ClFN5S/c1-21-13-8-4-7(15)2-3-10(8)19-5-11(13)20-14(21)12(16)9(17)6-22-18/h2-6,12H,17-18H2,1H3/b9-6-. The van der Waals surface area contributed by atoms with Crippen LogP contribution < -0.4 is 10.9 Å². The van der Waals surface area contributed by atoms with Gasteiger partial charge in [-0.2, -0.15) is 0 Å². The molecule has 0 spiro atoms. The molecule has 1 unspecified atom stereocenters. The second kappa shape index (κ2) is 5.75. The lowest BCUT2D eigenvalue weighted by Gasteiger charge is -2.09. The molecule has 0 fully saturated rings. The van der Waals surface area contributed by atoms with Crippen molar-refractivity contribution >= 4 is 45.5 Å². The molecule has 0 aliphatic heterocycles. The van der Waals surface area contributed by atoms with Gasteiger partial charge in [0, 0.05) is 22.9 Å². The number of aromatic nitrogens is 3. The van der Waals surface area contributed by atoms with E-state index in [1.165, 1.54) is 5.41 Å². The van der Waals surface area contributed by atoms with Crippen molar-refractivity contribution in [3.8, 4) is 0 Å². The van der Waals surface area contributed by atoms with Crippen molar-refractivity contribution in [1.82, 2.24) is 14.5 Å². The maximum Gasteiger partial charge on any atom is 0.197 e. The Bertz CT molecular complexity index is 892. The average Bonchev–Trinajstić information content (AvgIpc) is 2.84. The largest absolute Gasteiger partial charge is 0.399 e. The van der Waals surface area contributed by atoms with Gasteiger partial charge in [-0.15, -0.1) is 0 Å². The molecule has 0 saturated heterocycles. The fourth-order valence-corrected chi connectivity index (χ4v) is 2.85. The molecule has 8 heteroatoms. The molecule has 1 atom stereocenters. The number of benzene rings is 1. The number of halogens is 2. The van der Waals surface area contributed by atoms with Crippen LogP contribution in [0.4, 0.5) is 4.39 Å². The lowest BCUT2D eigenvalue weighted by molar-refractivity contribution is 0.368. The number of allylic oxidation sites excluding steroid dienone is 1. The van der Waals surface area contributed by atoms with E-state index in [0.29, 0.717) is 10.5 Å². The van der Waals surface area contributed by atoms with Crippen LogP contribution in [0.2, 0.25) is 5.02 Å². The van der Waals surface area contributed by atoms with E-state index in [0.717, 1.165) is 28.4 Å². The van der Waals surface area contributed by atoms with Gasteiger partial charge in [-0.05, 0) is 18.2 Å². The fourth-order valence-electron chi connectivity index (χ4n) is 2.40. The Hall–Kier alpha value is -1.83. The second-order valence-corrected chi connectivity index (χ2v) is 5.74. The summed E-state index contributed by atoms with van der Waals surface area (Å²) in [4.78, 5) is 8.63. The van der Waals surface area contributed by atoms with E-state index in [9.17, 15) is 4.39 Å². The van der Waals surface area contributed by atoms with Gasteiger partial charge in [0.1, 0.15) is 5.52 Å². The molecule has 114 valence electrons. The Morgan fingerprint density at radius 1 is 1.45 bits per heavy atom. The lowest BCUT2D eigenvalue weighted by Crippen LogP contribution is -2.10. The first-order valence-corrected chi connectivity index (χ1v) is 7.70. The summed E-state index contributed by atoms with van der Waals surface area (Å²) in [5.41, 5.74) is 7.81. The van der Waals surface area contributed by atoms with Gasteiger partial charge < -0.3 is 10.3 Å². The van der Waals surface area contributed by atoms with E-state index >= 15 is 0 Å². The Kier molecular flexibility index (Phi) is 3.94. The highest BCUT2D eigenvalue weighted by atomic mass is 35.5. The van der Waals surface area contributed by atoms with Crippen molar-refractivity contribution in [2.75, 3.05) is 0 Å². The van der Waals surface area contributed by atoms with E-state index in [4.69, 9.17) is 22.5 Å². The molecule has 1 aromatic carbocycles. The Labute approximate surface area is 135 Å². The van der Waals surface area contributed by atoms with Crippen LogP contribution >= 0.6 is 23.5 Å². The average molecular weight is 338 g/mol. The summed E-state index contributed by atoms with van der Waals surface area (Å²) in [6.07, 6.45) is 0.0713. The number of alkyl halides is 1. The summed E-state index contributed by atoms with van der Waals surface area (Å²) in [6.45, 7) is 0. The summed E-state index contributed by atoms with van der Waals surface area (Å²) >= 11 is 6.91. The predicted octanol–water partition coefficient (Wildman–Crippen LogP) is 3.19. The fraction of sp³-hybridized carbons (Fsp3) is 0.143. The third-order valence-electron chi connectivity index (χ3n) is 3.42. The maximum absolute atomic E-state index is 14.5. The van der Waals surface area contributed by atoms with Crippen molar-refractivity contribution in [1.29, 1.82) is 0 Å². The number of pyridine rings is 1. The molecule has 0 aliphatic carbocycles. The lowest BCUT2D eigenvalue weighted by atomic mass is 10.2. The predicted molar refractivity (Wildman–Crippen MR) is 88.9 cm³/mol. The van der Waals surface area contributed by atoms with Crippen LogP contribution in [0.5, 0.6) is 0 Å². The first kappa shape index (κ1) is 15.1. The molecule has 0 bridgehead atoms. The van der Waals surface area contributed by atoms with E-state index in [-0.39, 0.29) is 11.5 Å². The van der Waals surface area contributed by atoms with Crippen LogP contribution in [0.1, 0.15) is 12.0 Å². The smallest absolute Gasteiger partial charge is 0.197 e. The highest BCUT2D eigenvalue weighted by Crippen LogP contribution is 2.30. The zero-order chi connectivity index (χ0) is 15.9. The van der Waals surface area contributed by atoms with Crippen LogP contribution in [0.3, 0.4) is 0 Å². The van der Waals surface area contributed by atoms with Crippen molar-refractivity contribution in [2.24, 2.45) is 17.9 Å². The molecular formula is C14H13ClFN5S. The van der Waals surface area contributed by atoms with Crippen molar-refractivity contribution < 1.29 is 4.39 Å². The topological polar surface area (TPSA) is 82.8 Å². The number of fused-ring (bicyclic) bond motifs is 3. The zero-order valence-electron chi connectivity index (χ0n) is 11.6. The number of imidazole rings is 1. The monoisotopic (exact) mass is 337 g/mol. The molecule has 0 aliphatic rings. The molecule has 22 heavy (non-hydrogen) atoms. The van der Waals surface area contributed by atoms with Crippen LogP contribution in [0.15, 0.2) is 35.5 Å². The van der Waals surface area contributed by atoms with Crippen molar-refractivity contribution in [2.45, 2.75) is 6.17 Å². The molecular weight excluding hydrogens is 325 g/mol. The van der Waals surface area contributed by atoms with Gasteiger partial charge in [0.05, 0.1) is 22.9 Å². The van der Waals surface area contributed by atoms with E-state index in [1.54, 1.807) is 29.9 Å². The van der Waals surface area contributed by atoms with Gasteiger partial charge in [0.2, 0.25) is 0 Å². The van der Waals surface area contributed by atoms with Crippen molar-refractivity contribution in [3.63, 3.8) is 0 Å². The van der Waals surface area contributed by atoms with E-state index in [1.807, 2.05) is 6.07 Å². The normalized spacial score (nSPS) is 13.9. The molecule has 3 aromatic rings. The number of nitrogens with two attached hydrogens (primary N) is 2. The molecule has 2 aromatic heterocycles. The summed E-state index contributed by atoms with van der Waals surface area (Å²) in [5, 5.41) is 8.05. The van der Waals surface area contributed by atoms with Gasteiger partial charge in [0.15, 0.2) is 12.0 Å². The molecule has 2 heterocycles. The Morgan fingerprint density at radius 2 is 2.23 bits per heavy atom. The van der Waals surface area contributed by atoms with Gasteiger partial charge in [-0.25, -0.2) is 9.37 Å². The van der Waals surface area contributed by atoms with Crippen LogP contribution in [0, 0.1) is 0 Å². The van der Waals surface area contributed by atoms with Gasteiger partial charge in [0.25, 0.3) is 0 Å². The summed E-state index contributed by atoms with van der Waals surface area (Å²) < 4.78 is 16.2. The quantitative estimate of drug-likeness (QED) is 0.717. The number of aryl methyl sites for hydroxylation is 1. The Balaban J connectivity index is 2.27. The first-order chi connectivity index (χ1) is 10.5. The molecule has 0 radical (unpaired) electrons. The SMILES string of the molecule is Cn1c(C(F)/C(N)=C/SN)nc2cnc3ccc(Cl)cc3c21. The van der Waals surface area contributed by atoms with Crippen LogP contribution in [-0.2, 0) is 7.05 Å². The first-order valence-electron chi connectivity index (χ1n) is 6.38. The second-order valence-electron chi connectivity index (χ2n) is 4.80. The third-order valence-corrected chi connectivity index (χ3v) is 4.06. The summed E-state index contributed by atoms with van der Waals surface area (Å²) in [5.74, 6) is 0.201. The molecule has 4 N–H and O–H groups in total. The Morgan fingerprint density at radius 3 is 2.95 bits per heavy atom. The third kappa shape index (κ3) is 2.41. The molecule has 0 amide bonds.